The third-order valence-corrected chi connectivity index (χ3v) is 4.14. The van der Waals surface area contributed by atoms with Crippen LogP contribution in [-0.2, 0) is 9.47 Å². The molecule has 0 heterocycles. The molecule has 3 atom stereocenters. The molecule has 70 valence electrons. The van der Waals surface area contributed by atoms with Crippen LogP contribution >= 0.6 is 11.6 Å². The Labute approximate surface area is 78.2 Å². The first-order valence-electron chi connectivity index (χ1n) is 4.49. The maximum Gasteiger partial charge on any atom is 0.187 e. The molecule has 0 aliphatic heterocycles. The van der Waals surface area contributed by atoms with Crippen molar-refractivity contribution in [2.24, 2.45) is 11.8 Å². The zero-order chi connectivity index (χ0) is 8.77. The van der Waals surface area contributed by atoms with Gasteiger partial charge in [0.25, 0.3) is 0 Å². The second-order valence-electron chi connectivity index (χ2n) is 3.80. The predicted octanol–water partition coefficient (Wildman–Crippen LogP) is 2.01. The number of halogens is 1. The highest BCUT2D eigenvalue weighted by atomic mass is 35.5. The van der Waals surface area contributed by atoms with Gasteiger partial charge in [-0.15, -0.1) is 11.6 Å². The van der Waals surface area contributed by atoms with Gasteiger partial charge in [0.1, 0.15) is 0 Å². The van der Waals surface area contributed by atoms with E-state index in [1.54, 1.807) is 14.2 Å². The van der Waals surface area contributed by atoms with Crippen LogP contribution in [0.25, 0.3) is 0 Å². The van der Waals surface area contributed by atoms with E-state index < -0.39 is 5.79 Å². The molecule has 2 fully saturated rings. The SMILES string of the molecule is COC1(OC)C2CCC(C2)C1Cl. The molecule has 12 heavy (non-hydrogen) atoms. The first-order chi connectivity index (χ1) is 5.74. The van der Waals surface area contributed by atoms with Gasteiger partial charge < -0.3 is 9.47 Å². The highest BCUT2D eigenvalue weighted by Gasteiger charge is 2.58. The van der Waals surface area contributed by atoms with Crippen LogP contribution in [0.2, 0.25) is 0 Å². The van der Waals surface area contributed by atoms with Crippen molar-refractivity contribution in [1.29, 1.82) is 0 Å². The van der Waals surface area contributed by atoms with E-state index in [0.717, 1.165) is 0 Å². The van der Waals surface area contributed by atoms with Crippen LogP contribution in [0.15, 0.2) is 0 Å². The zero-order valence-electron chi connectivity index (χ0n) is 7.55. The summed E-state index contributed by atoms with van der Waals surface area (Å²) in [5, 5.41) is 0.0475. The first kappa shape index (κ1) is 8.79. The highest BCUT2D eigenvalue weighted by Crippen LogP contribution is 2.54. The molecule has 3 unspecified atom stereocenters. The normalized spacial score (nSPS) is 43.8. The zero-order valence-corrected chi connectivity index (χ0v) is 8.30. The van der Waals surface area contributed by atoms with Gasteiger partial charge in [0.15, 0.2) is 5.79 Å². The first-order valence-corrected chi connectivity index (χ1v) is 4.92. The fraction of sp³-hybridized carbons (Fsp3) is 1.00. The fourth-order valence-electron chi connectivity index (χ4n) is 2.84. The Kier molecular flexibility index (Phi) is 2.10. The Morgan fingerprint density at radius 1 is 1.25 bits per heavy atom. The lowest BCUT2D eigenvalue weighted by Gasteiger charge is -2.38. The van der Waals surface area contributed by atoms with Crippen molar-refractivity contribution in [2.75, 3.05) is 14.2 Å². The second kappa shape index (κ2) is 2.86. The number of hydrogen-bond donors (Lipinski definition) is 0. The summed E-state index contributed by atoms with van der Waals surface area (Å²) < 4.78 is 10.9. The molecule has 0 amide bonds. The Bertz CT molecular complexity index is 175. The van der Waals surface area contributed by atoms with Gasteiger partial charge in [-0.05, 0) is 25.2 Å². The highest BCUT2D eigenvalue weighted by molar-refractivity contribution is 6.21. The Morgan fingerprint density at radius 2 is 1.92 bits per heavy atom. The lowest BCUT2D eigenvalue weighted by molar-refractivity contribution is -0.232. The van der Waals surface area contributed by atoms with Crippen molar-refractivity contribution in [3.8, 4) is 0 Å². The Morgan fingerprint density at radius 3 is 2.25 bits per heavy atom. The average Bonchev–Trinajstić information content (AvgIpc) is 2.64. The molecule has 2 aliphatic carbocycles. The molecule has 2 aliphatic rings. The molecule has 0 aromatic heterocycles. The Balaban J connectivity index is 2.24. The van der Waals surface area contributed by atoms with Crippen molar-refractivity contribution in [3.05, 3.63) is 0 Å². The van der Waals surface area contributed by atoms with Crippen molar-refractivity contribution < 1.29 is 9.47 Å². The molecule has 0 saturated heterocycles. The molecular formula is C9H15ClO2. The number of methoxy groups -OCH3 is 2. The molecule has 0 aromatic carbocycles. The van der Waals surface area contributed by atoms with E-state index in [-0.39, 0.29) is 5.38 Å². The Hall–Kier alpha value is 0.210. The van der Waals surface area contributed by atoms with E-state index in [4.69, 9.17) is 21.1 Å². The molecule has 2 nitrogen and oxygen atoms in total. The summed E-state index contributed by atoms with van der Waals surface area (Å²) in [5.74, 6) is 0.640. The average molecular weight is 191 g/mol. The third-order valence-electron chi connectivity index (χ3n) is 3.48. The molecule has 0 radical (unpaired) electrons. The van der Waals surface area contributed by atoms with E-state index in [9.17, 15) is 0 Å². The van der Waals surface area contributed by atoms with Crippen LogP contribution < -0.4 is 0 Å². The summed E-state index contributed by atoms with van der Waals surface area (Å²) >= 11 is 6.28. The van der Waals surface area contributed by atoms with Gasteiger partial charge in [-0.3, -0.25) is 0 Å². The van der Waals surface area contributed by atoms with Gasteiger partial charge in [-0.2, -0.15) is 0 Å². The van der Waals surface area contributed by atoms with Gasteiger partial charge in [0.05, 0.1) is 5.38 Å². The molecule has 2 saturated carbocycles. The van der Waals surface area contributed by atoms with E-state index >= 15 is 0 Å². The minimum atomic E-state index is -0.482. The quantitative estimate of drug-likeness (QED) is 0.490. The molecule has 0 N–H and O–H groups in total. The predicted molar refractivity (Wildman–Crippen MR) is 47.2 cm³/mol. The standard InChI is InChI=1S/C9H15ClO2/c1-11-9(12-2)7-4-3-6(5-7)8(9)10/h6-8H,3-5H2,1-2H3. The van der Waals surface area contributed by atoms with Crippen molar-refractivity contribution in [2.45, 2.75) is 30.4 Å². The summed E-state index contributed by atoms with van der Waals surface area (Å²) in [6.45, 7) is 0. The molecule has 2 bridgehead atoms. The van der Waals surface area contributed by atoms with Gasteiger partial charge in [0, 0.05) is 20.1 Å². The van der Waals surface area contributed by atoms with Crippen LogP contribution in [-0.4, -0.2) is 25.4 Å². The number of hydrogen-bond acceptors (Lipinski definition) is 2. The van der Waals surface area contributed by atoms with Crippen molar-refractivity contribution in [3.63, 3.8) is 0 Å². The summed E-state index contributed by atoms with van der Waals surface area (Å²) in [6.07, 6.45) is 3.62. The van der Waals surface area contributed by atoms with Crippen LogP contribution in [0.1, 0.15) is 19.3 Å². The smallest absolute Gasteiger partial charge is 0.187 e. The summed E-state index contributed by atoms with van der Waals surface area (Å²) in [7, 11) is 3.39. The molecule has 0 spiro atoms. The largest absolute Gasteiger partial charge is 0.351 e. The molecule has 3 heteroatoms. The molecular weight excluding hydrogens is 176 g/mol. The van der Waals surface area contributed by atoms with Gasteiger partial charge in [0.2, 0.25) is 0 Å². The fourth-order valence-corrected chi connectivity index (χ4v) is 3.43. The lowest BCUT2D eigenvalue weighted by Crippen LogP contribution is -2.47. The third kappa shape index (κ3) is 0.889. The second-order valence-corrected chi connectivity index (χ2v) is 4.27. The van der Waals surface area contributed by atoms with E-state index in [1.807, 2.05) is 0 Å². The number of fused-ring (bicyclic) bond motifs is 2. The van der Waals surface area contributed by atoms with Crippen molar-refractivity contribution >= 4 is 11.6 Å². The van der Waals surface area contributed by atoms with Crippen molar-refractivity contribution in [1.82, 2.24) is 0 Å². The van der Waals surface area contributed by atoms with Gasteiger partial charge in [-0.25, -0.2) is 0 Å². The maximum absolute atomic E-state index is 6.28. The lowest BCUT2D eigenvalue weighted by atomic mass is 9.93. The molecule has 2 rings (SSSR count). The summed E-state index contributed by atoms with van der Waals surface area (Å²) in [4.78, 5) is 0. The van der Waals surface area contributed by atoms with Crippen LogP contribution in [0.5, 0.6) is 0 Å². The molecule has 0 aromatic rings. The number of rotatable bonds is 2. The van der Waals surface area contributed by atoms with E-state index in [1.165, 1.54) is 19.3 Å². The van der Waals surface area contributed by atoms with E-state index in [2.05, 4.69) is 0 Å². The number of ether oxygens (including phenoxy) is 2. The maximum atomic E-state index is 6.28. The van der Waals surface area contributed by atoms with Crippen LogP contribution in [0, 0.1) is 11.8 Å². The van der Waals surface area contributed by atoms with Crippen LogP contribution in [0.3, 0.4) is 0 Å². The monoisotopic (exact) mass is 190 g/mol. The van der Waals surface area contributed by atoms with E-state index in [0.29, 0.717) is 11.8 Å². The van der Waals surface area contributed by atoms with Gasteiger partial charge >= 0.3 is 0 Å². The minimum Gasteiger partial charge on any atom is -0.351 e. The summed E-state index contributed by atoms with van der Waals surface area (Å²) in [6, 6.07) is 0. The summed E-state index contributed by atoms with van der Waals surface area (Å²) in [5.41, 5.74) is 0. The minimum absolute atomic E-state index is 0.0475. The number of alkyl halides is 1. The van der Waals surface area contributed by atoms with Gasteiger partial charge in [-0.1, -0.05) is 0 Å². The topological polar surface area (TPSA) is 18.5 Å². The van der Waals surface area contributed by atoms with Crippen LogP contribution in [0.4, 0.5) is 0 Å².